The van der Waals surface area contributed by atoms with E-state index in [1.807, 2.05) is 32.0 Å². The highest BCUT2D eigenvalue weighted by Gasteiger charge is 2.24. The summed E-state index contributed by atoms with van der Waals surface area (Å²) in [5.41, 5.74) is 0.273. The Kier molecular flexibility index (Phi) is 3.75. The zero-order valence-corrected chi connectivity index (χ0v) is 9.97. The van der Waals surface area contributed by atoms with E-state index < -0.39 is 5.60 Å². The van der Waals surface area contributed by atoms with Crippen LogP contribution in [0.2, 0.25) is 5.02 Å². The molecule has 3 heteroatoms. The van der Waals surface area contributed by atoms with Gasteiger partial charge in [-0.05, 0) is 31.5 Å². The van der Waals surface area contributed by atoms with E-state index in [1.165, 1.54) is 0 Å². The highest BCUT2D eigenvalue weighted by Crippen LogP contribution is 2.27. The molecular formula is C12H15ClO2. The normalized spacial score (nSPS) is 11.2. The number of benzene rings is 1. The van der Waals surface area contributed by atoms with Crippen LogP contribution in [-0.4, -0.2) is 5.97 Å². The van der Waals surface area contributed by atoms with Crippen molar-refractivity contribution in [2.24, 2.45) is 0 Å². The molecule has 0 aliphatic heterocycles. The fourth-order valence-corrected chi connectivity index (χ4v) is 1.47. The fraction of sp³-hybridized carbons (Fsp3) is 0.417. The van der Waals surface area contributed by atoms with Gasteiger partial charge >= 0.3 is 5.97 Å². The molecule has 0 heterocycles. The molecule has 0 radical (unpaired) electrons. The van der Waals surface area contributed by atoms with Gasteiger partial charge < -0.3 is 4.74 Å². The average Bonchev–Trinajstić information content (AvgIpc) is 2.17. The van der Waals surface area contributed by atoms with Crippen LogP contribution in [0.4, 0.5) is 0 Å². The van der Waals surface area contributed by atoms with Crippen molar-refractivity contribution in [1.82, 2.24) is 0 Å². The molecule has 0 spiro atoms. The number of hydrogen-bond donors (Lipinski definition) is 0. The molecular weight excluding hydrogens is 212 g/mol. The standard InChI is InChI=1S/C12H15ClO2/c1-4-11(14)15-12(2,3)9-6-5-7-10(13)8-9/h5-8H,4H2,1-3H3. The molecule has 1 aromatic rings. The summed E-state index contributed by atoms with van der Waals surface area (Å²) in [4.78, 5) is 11.2. The molecule has 0 atom stereocenters. The van der Waals surface area contributed by atoms with Gasteiger partial charge in [-0.3, -0.25) is 4.79 Å². The molecule has 0 fully saturated rings. The molecule has 0 amide bonds. The molecule has 2 nitrogen and oxygen atoms in total. The van der Waals surface area contributed by atoms with Crippen LogP contribution < -0.4 is 0 Å². The third-order valence-electron chi connectivity index (χ3n) is 2.18. The van der Waals surface area contributed by atoms with Gasteiger partial charge in [-0.1, -0.05) is 30.7 Å². The number of halogens is 1. The van der Waals surface area contributed by atoms with E-state index >= 15 is 0 Å². The Hall–Kier alpha value is -1.02. The molecule has 0 aliphatic carbocycles. The van der Waals surface area contributed by atoms with E-state index in [0.29, 0.717) is 11.4 Å². The Labute approximate surface area is 95.2 Å². The lowest BCUT2D eigenvalue weighted by Crippen LogP contribution is -2.25. The summed E-state index contributed by atoms with van der Waals surface area (Å²) in [6.07, 6.45) is 0.379. The Bertz CT molecular complexity index is 358. The number of hydrogen-bond acceptors (Lipinski definition) is 2. The van der Waals surface area contributed by atoms with E-state index in [-0.39, 0.29) is 5.97 Å². The van der Waals surface area contributed by atoms with Gasteiger partial charge in [0.15, 0.2) is 0 Å². The predicted octanol–water partition coefficient (Wildman–Crippen LogP) is 3.53. The van der Waals surface area contributed by atoms with E-state index in [0.717, 1.165) is 5.56 Å². The number of carbonyl (C=O) groups is 1. The second-order valence-corrected chi connectivity index (χ2v) is 4.28. The predicted molar refractivity (Wildman–Crippen MR) is 60.9 cm³/mol. The Morgan fingerprint density at radius 2 is 2.13 bits per heavy atom. The lowest BCUT2D eigenvalue weighted by molar-refractivity contribution is -0.157. The highest BCUT2D eigenvalue weighted by atomic mass is 35.5. The fourth-order valence-electron chi connectivity index (χ4n) is 1.28. The van der Waals surface area contributed by atoms with Crippen molar-refractivity contribution in [2.75, 3.05) is 0 Å². The first-order chi connectivity index (χ1) is 6.95. The number of carbonyl (C=O) groups excluding carboxylic acids is 1. The molecule has 1 rings (SSSR count). The smallest absolute Gasteiger partial charge is 0.306 e. The van der Waals surface area contributed by atoms with E-state index in [1.54, 1.807) is 13.0 Å². The van der Waals surface area contributed by atoms with Crippen molar-refractivity contribution in [1.29, 1.82) is 0 Å². The van der Waals surface area contributed by atoms with Gasteiger partial charge in [-0.15, -0.1) is 0 Å². The van der Waals surface area contributed by atoms with Crippen molar-refractivity contribution in [3.05, 3.63) is 34.9 Å². The SMILES string of the molecule is CCC(=O)OC(C)(C)c1cccc(Cl)c1. The molecule has 0 saturated heterocycles. The molecule has 0 bridgehead atoms. The van der Waals surface area contributed by atoms with Crippen LogP contribution in [0.1, 0.15) is 32.8 Å². The summed E-state index contributed by atoms with van der Waals surface area (Å²) >= 11 is 5.88. The largest absolute Gasteiger partial charge is 0.455 e. The van der Waals surface area contributed by atoms with Crippen LogP contribution in [0.3, 0.4) is 0 Å². The molecule has 0 saturated carbocycles. The monoisotopic (exact) mass is 226 g/mol. The molecule has 82 valence electrons. The van der Waals surface area contributed by atoms with Gasteiger partial charge in [0.2, 0.25) is 0 Å². The van der Waals surface area contributed by atoms with Gasteiger partial charge in [0, 0.05) is 11.4 Å². The lowest BCUT2D eigenvalue weighted by Gasteiger charge is -2.25. The summed E-state index contributed by atoms with van der Waals surface area (Å²) in [7, 11) is 0. The highest BCUT2D eigenvalue weighted by molar-refractivity contribution is 6.30. The van der Waals surface area contributed by atoms with Crippen molar-refractivity contribution < 1.29 is 9.53 Å². The number of ether oxygens (including phenoxy) is 1. The maximum atomic E-state index is 11.2. The van der Waals surface area contributed by atoms with Crippen LogP contribution in [0.5, 0.6) is 0 Å². The van der Waals surface area contributed by atoms with E-state index in [2.05, 4.69) is 0 Å². The summed E-state index contributed by atoms with van der Waals surface area (Å²) in [6, 6.07) is 7.35. The number of rotatable bonds is 3. The maximum absolute atomic E-state index is 11.2. The molecule has 15 heavy (non-hydrogen) atoms. The topological polar surface area (TPSA) is 26.3 Å². The van der Waals surface area contributed by atoms with E-state index in [9.17, 15) is 4.79 Å². The van der Waals surface area contributed by atoms with Crippen LogP contribution >= 0.6 is 11.6 Å². The second-order valence-electron chi connectivity index (χ2n) is 3.85. The van der Waals surface area contributed by atoms with Crippen LogP contribution in [0.15, 0.2) is 24.3 Å². The lowest BCUT2D eigenvalue weighted by atomic mass is 9.98. The minimum atomic E-state index is -0.627. The Balaban J connectivity index is 2.90. The van der Waals surface area contributed by atoms with Crippen molar-refractivity contribution in [3.8, 4) is 0 Å². The summed E-state index contributed by atoms with van der Waals surface area (Å²) in [5.74, 6) is -0.208. The maximum Gasteiger partial charge on any atom is 0.306 e. The molecule has 1 aromatic carbocycles. The van der Waals surface area contributed by atoms with Gasteiger partial charge in [0.25, 0.3) is 0 Å². The molecule has 0 N–H and O–H groups in total. The van der Waals surface area contributed by atoms with Gasteiger partial charge in [0.1, 0.15) is 5.60 Å². The minimum absolute atomic E-state index is 0.208. The summed E-state index contributed by atoms with van der Waals surface area (Å²) < 4.78 is 5.33. The van der Waals surface area contributed by atoms with Gasteiger partial charge in [-0.2, -0.15) is 0 Å². The zero-order valence-electron chi connectivity index (χ0n) is 9.21. The van der Waals surface area contributed by atoms with Gasteiger partial charge in [-0.25, -0.2) is 0 Å². The van der Waals surface area contributed by atoms with Crippen LogP contribution in [0.25, 0.3) is 0 Å². The minimum Gasteiger partial charge on any atom is -0.455 e. The quantitative estimate of drug-likeness (QED) is 0.737. The Morgan fingerprint density at radius 3 is 2.67 bits per heavy atom. The summed E-state index contributed by atoms with van der Waals surface area (Å²) in [6.45, 7) is 5.48. The molecule has 0 aliphatic rings. The first kappa shape index (κ1) is 12.1. The van der Waals surface area contributed by atoms with Gasteiger partial charge in [0.05, 0.1) is 0 Å². The van der Waals surface area contributed by atoms with Crippen LogP contribution in [-0.2, 0) is 15.1 Å². The molecule has 0 unspecified atom stereocenters. The van der Waals surface area contributed by atoms with E-state index in [4.69, 9.17) is 16.3 Å². The molecule has 0 aromatic heterocycles. The van der Waals surface area contributed by atoms with Crippen LogP contribution in [0, 0.1) is 0 Å². The second kappa shape index (κ2) is 4.67. The first-order valence-corrected chi connectivity index (χ1v) is 5.31. The van der Waals surface area contributed by atoms with Crippen molar-refractivity contribution in [3.63, 3.8) is 0 Å². The number of esters is 1. The average molecular weight is 227 g/mol. The zero-order chi connectivity index (χ0) is 11.5. The van der Waals surface area contributed by atoms with Crippen molar-refractivity contribution >= 4 is 17.6 Å². The first-order valence-electron chi connectivity index (χ1n) is 4.93. The third kappa shape index (κ3) is 3.24. The Morgan fingerprint density at radius 1 is 1.47 bits per heavy atom. The van der Waals surface area contributed by atoms with Crippen molar-refractivity contribution in [2.45, 2.75) is 32.8 Å². The third-order valence-corrected chi connectivity index (χ3v) is 2.41. The summed E-state index contributed by atoms with van der Waals surface area (Å²) in [5, 5.41) is 0.646.